The number of pyridine rings is 1. The third kappa shape index (κ3) is 3.80. The molecular weight excluding hydrogens is 220 g/mol. The molecule has 0 bridgehead atoms. The van der Waals surface area contributed by atoms with Crippen LogP contribution in [-0.2, 0) is 9.47 Å². The summed E-state index contributed by atoms with van der Waals surface area (Å²) >= 11 is 0. The second-order valence-corrected chi connectivity index (χ2v) is 3.78. The summed E-state index contributed by atoms with van der Waals surface area (Å²) in [7, 11) is 0. The van der Waals surface area contributed by atoms with Crippen LogP contribution in [0.4, 0.5) is 0 Å². The van der Waals surface area contributed by atoms with Crippen LogP contribution in [0, 0.1) is 0 Å². The van der Waals surface area contributed by atoms with Gasteiger partial charge in [-0.1, -0.05) is 6.07 Å². The minimum Gasteiger partial charge on any atom is -0.353 e. The molecule has 1 saturated heterocycles. The van der Waals surface area contributed by atoms with Crippen LogP contribution in [0.3, 0.4) is 0 Å². The third-order valence-corrected chi connectivity index (χ3v) is 2.46. The van der Waals surface area contributed by atoms with Gasteiger partial charge in [-0.2, -0.15) is 0 Å². The zero-order valence-corrected chi connectivity index (χ0v) is 9.59. The van der Waals surface area contributed by atoms with Crippen LogP contribution in [-0.4, -0.2) is 36.9 Å². The van der Waals surface area contributed by atoms with Crippen molar-refractivity contribution >= 4 is 5.91 Å². The lowest BCUT2D eigenvalue weighted by Gasteiger charge is -2.23. The Morgan fingerprint density at radius 3 is 2.94 bits per heavy atom. The Kier molecular flexibility index (Phi) is 4.46. The van der Waals surface area contributed by atoms with Gasteiger partial charge in [0, 0.05) is 19.2 Å². The van der Waals surface area contributed by atoms with Crippen LogP contribution in [0.25, 0.3) is 0 Å². The largest absolute Gasteiger partial charge is 0.353 e. The fourth-order valence-electron chi connectivity index (χ4n) is 1.59. The highest BCUT2D eigenvalue weighted by Gasteiger charge is 2.14. The molecule has 0 aromatic carbocycles. The normalized spacial score (nSPS) is 16.7. The summed E-state index contributed by atoms with van der Waals surface area (Å²) in [4.78, 5) is 15.6. The summed E-state index contributed by atoms with van der Waals surface area (Å²) in [5, 5.41) is 2.78. The van der Waals surface area contributed by atoms with Crippen molar-refractivity contribution in [3.8, 4) is 0 Å². The van der Waals surface area contributed by atoms with Crippen molar-refractivity contribution in [3.05, 3.63) is 30.1 Å². The molecule has 2 heterocycles. The van der Waals surface area contributed by atoms with Gasteiger partial charge in [0.05, 0.1) is 13.2 Å². The highest BCUT2D eigenvalue weighted by atomic mass is 16.7. The molecule has 0 spiro atoms. The number of carbonyl (C=O) groups excluding carboxylic acids is 1. The van der Waals surface area contributed by atoms with Gasteiger partial charge in [-0.25, -0.2) is 0 Å². The number of carbonyl (C=O) groups is 1. The average molecular weight is 236 g/mol. The summed E-state index contributed by atoms with van der Waals surface area (Å²) in [6.07, 6.45) is 3.02. The van der Waals surface area contributed by atoms with E-state index in [1.165, 1.54) is 0 Å². The first kappa shape index (κ1) is 12.0. The third-order valence-electron chi connectivity index (χ3n) is 2.46. The predicted molar refractivity (Wildman–Crippen MR) is 61.5 cm³/mol. The van der Waals surface area contributed by atoms with Crippen molar-refractivity contribution in [1.29, 1.82) is 0 Å². The van der Waals surface area contributed by atoms with Gasteiger partial charge in [-0.15, -0.1) is 0 Å². The zero-order chi connectivity index (χ0) is 11.9. The van der Waals surface area contributed by atoms with Crippen LogP contribution >= 0.6 is 0 Å². The molecule has 17 heavy (non-hydrogen) atoms. The fourth-order valence-corrected chi connectivity index (χ4v) is 1.59. The quantitative estimate of drug-likeness (QED) is 0.846. The Labute approximate surface area is 100 Å². The second kappa shape index (κ2) is 6.32. The number of nitrogens with one attached hydrogen (secondary N) is 1. The van der Waals surface area contributed by atoms with Crippen molar-refractivity contribution in [1.82, 2.24) is 10.3 Å². The maximum absolute atomic E-state index is 11.6. The van der Waals surface area contributed by atoms with Gasteiger partial charge in [-0.3, -0.25) is 9.78 Å². The minimum absolute atomic E-state index is 0.165. The lowest BCUT2D eigenvalue weighted by atomic mass is 10.3. The SMILES string of the molecule is O=C(NCCC1OCCCO1)c1ccccn1. The maximum atomic E-state index is 11.6. The minimum atomic E-state index is -0.187. The first-order chi connectivity index (χ1) is 8.36. The average Bonchev–Trinajstić information content (AvgIpc) is 2.41. The first-order valence-corrected chi connectivity index (χ1v) is 5.79. The molecule has 0 aliphatic carbocycles. The number of rotatable bonds is 4. The van der Waals surface area contributed by atoms with Gasteiger partial charge in [-0.05, 0) is 18.6 Å². The highest BCUT2D eigenvalue weighted by molar-refractivity contribution is 5.92. The first-order valence-electron chi connectivity index (χ1n) is 5.79. The predicted octanol–water partition coefficient (Wildman–Crippen LogP) is 0.964. The van der Waals surface area contributed by atoms with Crippen molar-refractivity contribution in [2.75, 3.05) is 19.8 Å². The number of ether oxygens (including phenoxy) is 2. The van der Waals surface area contributed by atoms with Gasteiger partial charge in [0.25, 0.3) is 5.91 Å². The van der Waals surface area contributed by atoms with Crippen LogP contribution in [0.5, 0.6) is 0 Å². The number of nitrogens with zero attached hydrogens (tertiary/aromatic N) is 1. The molecule has 0 saturated carbocycles. The Morgan fingerprint density at radius 2 is 2.24 bits per heavy atom. The summed E-state index contributed by atoms with van der Waals surface area (Å²) in [5.41, 5.74) is 0.429. The van der Waals surface area contributed by atoms with Crippen LogP contribution in [0.2, 0.25) is 0 Å². The molecule has 0 unspecified atom stereocenters. The second-order valence-electron chi connectivity index (χ2n) is 3.78. The van der Waals surface area contributed by atoms with Gasteiger partial charge in [0.15, 0.2) is 6.29 Å². The van der Waals surface area contributed by atoms with Crippen molar-refractivity contribution in [2.24, 2.45) is 0 Å². The maximum Gasteiger partial charge on any atom is 0.269 e. The summed E-state index contributed by atoms with van der Waals surface area (Å²) < 4.78 is 10.8. The Bertz CT molecular complexity index is 350. The Hall–Kier alpha value is -1.46. The number of hydrogen-bond acceptors (Lipinski definition) is 4. The number of aromatic nitrogens is 1. The van der Waals surface area contributed by atoms with Crippen molar-refractivity contribution < 1.29 is 14.3 Å². The van der Waals surface area contributed by atoms with E-state index in [1.54, 1.807) is 24.4 Å². The van der Waals surface area contributed by atoms with E-state index in [9.17, 15) is 4.79 Å². The highest BCUT2D eigenvalue weighted by Crippen LogP contribution is 2.07. The number of hydrogen-bond donors (Lipinski definition) is 1. The summed E-state index contributed by atoms with van der Waals surface area (Å²) in [5.74, 6) is -0.165. The molecule has 1 aliphatic rings. The van der Waals surface area contributed by atoms with Crippen LogP contribution in [0.15, 0.2) is 24.4 Å². The summed E-state index contributed by atoms with van der Waals surface area (Å²) in [6, 6.07) is 5.25. The van der Waals surface area contributed by atoms with E-state index in [0.29, 0.717) is 18.7 Å². The van der Waals surface area contributed by atoms with Gasteiger partial charge >= 0.3 is 0 Å². The molecule has 5 nitrogen and oxygen atoms in total. The molecule has 1 aromatic heterocycles. The molecule has 1 fully saturated rings. The topological polar surface area (TPSA) is 60.5 Å². The molecule has 1 aromatic rings. The molecule has 1 N–H and O–H groups in total. The van der Waals surface area contributed by atoms with Gasteiger partial charge in [0.1, 0.15) is 5.69 Å². The smallest absolute Gasteiger partial charge is 0.269 e. The molecular formula is C12H16N2O3. The molecule has 5 heteroatoms. The van der Waals surface area contributed by atoms with E-state index in [2.05, 4.69) is 10.3 Å². The van der Waals surface area contributed by atoms with Crippen LogP contribution in [0.1, 0.15) is 23.3 Å². The Balaban J connectivity index is 1.69. The summed E-state index contributed by atoms with van der Waals surface area (Å²) in [6.45, 7) is 2.00. The monoisotopic (exact) mass is 236 g/mol. The molecule has 1 amide bonds. The lowest BCUT2D eigenvalue weighted by molar-refractivity contribution is -0.180. The zero-order valence-electron chi connectivity index (χ0n) is 9.59. The van der Waals surface area contributed by atoms with Crippen molar-refractivity contribution in [3.63, 3.8) is 0 Å². The lowest BCUT2D eigenvalue weighted by Crippen LogP contribution is -2.31. The van der Waals surface area contributed by atoms with E-state index in [1.807, 2.05) is 0 Å². The molecule has 0 atom stereocenters. The van der Waals surface area contributed by atoms with Crippen LogP contribution < -0.4 is 5.32 Å². The van der Waals surface area contributed by atoms with E-state index in [4.69, 9.17) is 9.47 Å². The van der Waals surface area contributed by atoms with Gasteiger partial charge < -0.3 is 14.8 Å². The van der Waals surface area contributed by atoms with Crippen molar-refractivity contribution in [2.45, 2.75) is 19.1 Å². The Morgan fingerprint density at radius 1 is 1.41 bits per heavy atom. The van der Waals surface area contributed by atoms with Gasteiger partial charge in [0.2, 0.25) is 0 Å². The van der Waals surface area contributed by atoms with E-state index < -0.39 is 0 Å². The van der Waals surface area contributed by atoms with E-state index in [0.717, 1.165) is 19.6 Å². The number of amides is 1. The standard InChI is InChI=1S/C12H16N2O3/c15-12(10-4-1-2-6-13-10)14-7-5-11-16-8-3-9-17-11/h1-2,4,6,11H,3,5,7-9H2,(H,14,15). The van der Waals surface area contributed by atoms with E-state index in [-0.39, 0.29) is 12.2 Å². The molecule has 2 rings (SSSR count). The molecule has 1 aliphatic heterocycles. The molecule has 92 valence electrons. The molecule has 0 radical (unpaired) electrons. The fraction of sp³-hybridized carbons (Fsp3) is 0.500. The van der Waals surface area contributed by atoms with E-state index >= 15 is 0 Å².